The molecule has 0 bridgehead atoms. The van der Waals surface area contributed by atoms with Crippen molar-refractivity contribution in [1.29, 1.82) is 0 Å². The van der Waals surface area contributed by atoms with Crippen molar-refractivity contribution in [2.45, 2.75) is 18.9 Å². The summed E-state index contributed by atoms with van der Waals surface area (Å²) in [5.74, 6) is -0.277. The van der Waals surface area contributed by atoms with Gasteiger partial charge in [-0.2, -0.15) is 5.10 Å². The van der Waals surface area contributed by atoms with Crippen LogP contribution in [0.15, 0.2) is 48.9 Å². The molecule has 1 aromatic carbocycles. The zero-order valence-electron chi connectivity index (χ0n) is 17.1. The van der Waals surface area contributed by atoms with Crippen LogP contribution in [-0.4, -0.2) is 46.8 Å². The highest BCUT2D eigenvalue weighted by atomic mass is 16.6. The van der Waals surface area contributed by atoms with Crippen molar-refractivity contribution in [1.82, 2.24) is 25.6 Å². The molecule has 1 aliphatic rings. The predicted molar refractivity (Wildman–Crippen MR) is 113 cm³/mol. The number of hydrogen-bond acceptors (Lipinski definition) is 7. The van der Waals surface area contributed by atoms with Crippen LogP contribution in [0.4, 0.5) is 11.4 Å². The van der Waals surface area contributed by atoms with Crippen molar-refractivity contribution in [3.8, 4) is 11.4 Å². The molecule has 2 heterocycles. The van der Waals surface area contributed by atoms with Gasteiger partial charge in [0, 0.05) is 24.6 Å². The molecule has 4 rings (SSSR count). The van der Waals surface area contributed by atoms with E-state index in [-0.39, 0.29) is 23.2 Å². The maximum atomic E-state index is 12.5. The maximum absolute atomic E-state index is 12.5. The van der Waals surface area contributed by atoms with Crippen LogP contribution < -0.4 is 20.9 Å². The Hall–Kier alpha value is -3.92. The number of carbonyl (C=O) groups is 2. The first kappa shape index (κ1) is 20.4. The van der Waals surface area contributed by atoms with Crippen LogP contribution in [0, 0.1) is 0 Å². The van der Waals surface area contributed by atoms with Crippen LogP contribution in [-0.2, 0) is 4.84 Å². The molecule has 3 N–H and O–H groups in total. The first-order valence-electron chi connectivity index (χ1n) is 9.69. The van der Waals surface area contributed by atoms with Crippen molar-refractivity contribution in [2.24, 2.45) is 0 Å². The number of benzene rings is 1. The minimum absolute atomic E-state index is 0.188. The summed E-state index contributed by atoms with van der Waals surface area (Å²) < 4.78 is 7.29. The Bertz CT molecular complexity index is 1100. The van der Waals surface area contributed by atoms with E-state index < -0.39 is 5.91 Å². The molecule has 1 saturated carbocycles. The lowest BCUT2D eigenvalue weighted by molar-refractivity contribution is 0.0538. The van der Waals surface area contributed by atoms with Crippen LogP contribution in [0.2, 0.25) is 0 Å². The van der Waals surface area contributed by atoms with Gasteiger partial charge in [0.2, 0.25) is 0 Å². The number of carbonyl (C=O) groups excluding carboxylic acids is 2. The third-order valence-electron chi connectivity index (χ3n) is 4.71. The van der Waals surface area contributed by atoms with E-state index in [2.05, 4.69) is 26.2 Å². The van der Waals surface area contributed by atoms with Crippen molar-refractivity contribution in [3.05, 3.63) is 60.2 Å². The van der Waals surface area contributed by atoms with E-state index in [9.17, 15) is 9.59 Å². The van der Waals surface area contributed by atoms with E-state index in [4.69, 9.17) is 9.57 Å². The van der Waals surface area contributed by atoms with Crippen LogP contribution in [0.3, 0.4) is 0 Å². The Labute approximate surface area is 178 Å². The van der Waals surface area contributed by atoms with E-state index >= 15 is 0 Å². The number of nitrogens with one attached hydrogen (secondary N) is 3. The third kappa shape index (κ3) is 4.48. The number of amides is 2. The van der Waals surface area contributed by atoms with Gasteiger partial charge in [-0.15, -0.1) is 0 Å². The lowest BCUT2D eigenvalue weighted by Crippen LogP contribution is -2.27. The highest BCUT2D eigenvalue weighted by Crippen LogP contribution is 2.34. The summed E-state index contributed by atoms with van der Waals surface area (Å²) >= 11 is 0. The fraction of sp³-hybridized carbons (Fsp3) is 0.238. The Balaban J connectivity index is 1.72. The lowest BCUT2D eigenvalue weighted by atomic mass is 10.1. The standard InChI is InChI=1S/C21H22N6O4/c1-30-19-15(5-3-6-18(19)27-10-4-9-23-27)25-16-11-17(21(29)24-13-7-8-13)22-12-14(16)20(28)26-31-2/h3-6,9-13H,7-8H2,1-2H3,(H,22,25)(H,24,29)(H,26,28). The van der Waals surface area contributed by atoms with Crippen LogP contribution in [0.25, 0.3) is 5.69 Å². The fourth-order valence-electron chi connectivity index (χ4n) is 3.07. The summed E-state index contributed by atoms with van der Waals surface area (Å²) in [5, 5.41) is 10.3. The van der Waals surface area contributed by atoms with E-state index in [1.807, 2.05) is 12.1 Å². The zero-order chi connectivity index (χ0) is 21.8. The quantitative estimate of drug-likeness (QED) is 0.476. The van der Waals surface area contributed by atoms with E-state index in [1.165, 1.54) is 19.4 Å². The molecular formula is C21H22N6O4. The molecular weight excluding hydrogens is 400 g/mol. The second-order valence-electron chi connectivity index (χ2n) is 6.93. The molecule has 1 aliphatic carbocycles. The molecule has 0 unspecified atom stereocenters. The Morgan fingerprint density at radius 2 is 1.97 bits per heavy atom. The molecule has 0 atom stereocenters. The van der Waals surface area contributed by atoms with E-state index in [0.717, 1.165) is 12.8 Å². The Morgan fingerprint density at radius 3 is 2.65 bits per heavy atom. The van der Waals surface area contributed by atoms with Crippen LogP contribution >= 0.6 is 0 Å². The van der Waals surface area contributed by atoms with Crippen molar-refractivity contribution < 1.29 is 19.2 Å². The van der Waals surface area contributed by atoms with Gasteiger partial charge in [0.1, 0.15) is 11.4 Å². The minimum Gasteiger partial charge on any atom is -0.492 e. The number of pyridine rings is 1. The van der Waals surface area contributed by atoms with Crippen molar-refractivity contribution in [3.63, 3.8) is 0 Å². The summed E-state index contributed by atoms with van der Waals surface area (Å²) in [6, 6.07) is 9.01. The first-order valence-corrected chi connectivity index (χ1v) is 9.69. The number of anilines is 2. The van der Waals surface area contributed by atoms with E-state index in [1.54, 1.807) is 36.3 Å². The molecule has 10 heteroatoms. The molecule has 0 spiro atoms. The number of hydrogen-bond donors (Lipinski definition) is 3. The lowest BCUT2D eigenvalue weighted by Gasteiger charge is -2.17. The van der Waals surface area contributed by atoms with Gasteiger partial charge in [-0.25, -0.2) is 10.2 Å². The summed E-state index contributed by atoms with van der Waals surface area (Å²) in [6.07, 6.45) is 6.72. The molecule has 2 amide bonds. The minimum atomic E-state index is -0.506. The average Bonchev–Trinajstić information content (AvgIpc) is 3.42. The summed E-state index contributed by atoms with van der Waals surface area (Å²) in [5.41, 5.74) is 4.35. The number of nitrogens with zero attached hydrogens (tertiary/aromatic N) is 3. The molecule has 2 aromatic heterocycles. The number of aromatic nitrogens is 3. The Morgan fingerprint density at radius 1 is 1.13 bits per heavy atom. The normalized spacial score (nSPS) is 12.8. The number of rotatable bonds is 8. The summed E-state index contributed by atoms with van der Waals surface area (Å²) in [7, 11) is 2.89. The van der Waals surface area contributed by atoms with Crippen LogP contribution in [0.5, 0.6) is 5.75 Å². The van der Waals surface area contributed by atoms with Gasteiger partial charge in [0.25, 0.3) is 11.8 Å². The van der Waals surface area contributed by atoms with Gasteiger partial charge in [0.05, 0.1) is 31.2 Å². The number of para-hydroxylation sites is 1. The molecule has 3 aromatic rings. The summed E-state index contributed by atoms with van der Waals surface area (Å²) in [6.45, 7) is 0. The average molecular weight is 422 g/mol. The highest BCUT2D eigenvalue weighted by molar-refractivity contribution is 6.02. The molecule has 160 valence electrons. The molecule has 0 radical (unpaired) electrons. The second kappa shape index (κ2) is 8.84. The van der Waals surface area contributed by atoms with Crippen molar-refractivity contribution in [2.75, 3.05) is 19.5 Å². The molecule has 1 fully saturated rings. The summed E-state index contributed by atoms with van der Waals surface area (Å²) in [4.78, 5) is 33.8. The highest BCUT2D eigenvalue weighted by Gasteiger charge is 2.25. The predicted octanol–water partition coefficient (Wildman–Crippen LogP) is 2.20. The molecule has 0 saturated heterocycles. The smallest absolute Gasteiger partial charge is 0.278 e. The molecule has 10 nitrogen and oxygen atoms in total. The van der Waals surface area contributed by atoms with E-state index in [0.29, 0.717) is 22.8 Å². The SMILES string of the molecule is CONC(=O)c1cnc(C(=O)NC2CC2)cc1Nc1cccc(-n2cccn2)c1OC. The van der Waals surface area contributed by atoms with Gasteiger partial charge in [0.15, 0.2) is 5.75 Å². The fourth-order valence-corrected chi connectivity index (χ4v) is 3.07. The van der Waals surface area contributed by atoms with Gasteiger partial charge >= 0.3 is 0 Å². The third-order valence-corrected chi connectivity index (χ3v) is 4.71. The van der Waals surface area contributed by atoms with Gasteiger partial charge in [-0.3, -0.25) is 19.4 Å². The first-order chi connectivity index (χ1) is 15.1. The topological polar surface area (TPSA) is 119 Å². The zero-order valence-corrected chi connectivity index (χ0v) is 17.1. The second-order valence-corrected chi connectivity index (χ2v) is 6.93. The Kier molecular flexibility index (Phi) is 5.80. The monoisotopic (exact) mass is 422 g/mol. The van der Waals surface area contributed by atoms with Gasteiger partial charge in [-0.1, -0.05) is 6.07 Å². The number of methoxy groups -OCH3 is 1. The molecule has 0 aliphatic heterocycles. The van der Waals surface area contributed by atoms with Gasteiger partial charge < -0.3 is 15.4 Å². The number of ether oxygens (including phenoxy) is 1. The number of hydroxylamine groups is 1. The maximum Gasteiger partial charge on any atom is 0.278 e. The van der Waals surface area contributed by atoms with Crippen molar-refractivity contribution >= 4 is 23.2 Å². The molecule has 31 heavy (non-hydrogen) atoms. The van der Waals surface area contributed by atoms with Crippen LogP contribution in [0.1, 0.15) is 33.7 Å². The van der Waals surface area contributed by atoms with Gasteiger partial charge in [-0.05, 0) is 37.1 Å². The largest absolute Gasteiger partial charge is 0.492 e.